The summed E-state index contributed by atoms with van der Waals surface area (Å²) in [5, 5.41) is 2.97. The summed E-state index contributed by atoms with van der Waals surface area (Å²) in [6.07, 6.45) is 2.85. The van der Waals surface area contributed by atoms with Gasteiger partial charge in [-0.15, -0.1) is 0 Å². The predicted octanol–water partition coefficient (Wildman–Crippen LogP) is 1.32. The number of amides is 2. The van der Waals surface area contributed by atoms with Crippen LogP contribution >= 0.6 is 0 Å². The van der Waals surface area contributed by atoms with Crippen molar-refractivity contribution in [3.05, 3.63) is 0 Å². The first-order valence-corrected chi connectivity index (χ1v) is 8.11. The molecular formula is C16H26N2O3. The molecule has 3 aliphatic rings. The summed E-state index contributed by atoms with van der Waals surface area (Å²) in [4.78, 5) is 27.5. The highest BCUT2D eigenvalue weighted by Gasteiger charge is 2.55. The molecule has 3 fully saturated rings. The van der Waals surface area contributed by atoms with Crippen molar-refractivity contribution in [3.63, 3.8) is 0 Å². The molecule has 21 heavy (non-hydrogen) atoms. The molecule has 1 aliphatic carbocycles. The third-order valence-corrected chi connectivity index (χ3v) is 5.48. The topological polar surface area (TPSA) is 58.6 Å². The van der Waals surface area contributed by atoms with E-state index in [-0.39, 0.29) is 41.5 Å². The first-order valence-electron chi connectivity index (χ1n) is 8.11. The molecule has 4 unspecified atom stereocenters. The van der Waals surface area contributed by atoms with Gasteiger partial charge in [0.05, 0.1) is 11.6 Å². The number of nitrogens with zero attached hydrogens (tertiary/aromatic N) is 1. The van der Waals surface area contributed by atoms with Crippen molar-refractivity contribution in [1.29, 1.82) is 0 Å². The number of nitrogens with one attached hydrogen (secondary N) is 1. The Labute approximate surface area is 126 Å². The summed E-state index contributed by atoms with van der Waals surface area (Å²) in [7, 11) is 0. The Morgan fingerprint density at radius 2 is 2.00 bits per heavy atom. The van der Waals surface area contributed by atoms with Gasteiger partial charge in [-0.2, -0.15) is 0 Å². The fourth-order valence-electron chi connectivity index (χ4n) is 3.77. The van der Waals surface area contributed by atoms with E-state index in [2.05, 4.69) is 12.2 Å². The number of piperazine rings is 1. The molecule has 0 aromatic rings. The molecule has 118 valence electrons. The van der Waals surface area contributed by atoms with Gasteiger partial charge in [-0.1, -0.05) is 13.8 Å². The van der Waals surface area contributed by atoms with E-state index >= 15 is 0 Å². The third kappa shape index (κ3) is 2.26. The Bertz CT molecular complexity index is 460. The maximum atomic E-state index is 13.1. The number of hydrogen-bond donors (Lipinski definition) is 1. The average molecular weight is 294 g/mol. The van der Waals surface area contributed by atoms with E-state index in [4.69, 9.17) is 4.74 Å². The Balaban J connectivity index is 1.97. The van der Waals surface area contributed by atoms with Gasteiger partial charge >= 0.3 is 0 Å². The van der Waals surface area contributed by atoms with Gasteiger partial charge in [0.2, 0.25) is 11.8 Å². The van der Waals surface area contributed by atoms with Gasteiger partial charge in [-0.05, 0) is 44.9 Å². The van der Waals surface area contributed by atoms with Gasteiger partial charge in [0.25, 0.3) is 0 Å². The molecule has 2 amide bonds. The van der Waals surface area contributed by atoms with Crippen molar-refractivity contribution in [2.24, 2.45) is 11.8 Å². The van der Waals surface area contributed by atoms with Gasteiger partial charge in [-0.3, -0.25) is 9.59 Å². The zero-order valence-corrected chi connectivity index (χ0v) is 13.4. The standard InChI is InChI=1S/C16H26N2O3/c1-9(2)13-14(19)17-12(11-5-6-11)15(20)18(13)16(4)7-8-21-10(16)3/h9-13H,5-8H2,1-4H3,(H,17,19). The Hall–Kier alpha value is -1.10. The highest BCUT2D eigenvalue weighted by molar-refractivity contribution is 5.98. The van der Waals surface area contributed by atoms with Crippen LogP contribution in [0, 0.1) is 11.8 Å². The number of ether oxygens (including phenoxy) is 1. The van der Waals surface area contributed by atoms with Crippen LogP contribution in [0.1, 0.15) is 47.0 Å². The number of rotatable bonds is 3. The molecule has 0 radical (unpaired) electrons. The fraction of sp³-hybridized carbons (Fsp3) is 0.875. The van der Waals surface area contributed by atoms with Crippen LogP contribution in [0.25, 0.3) is 0 Å². The van der Waals surface area contributed by atoms with Gasteiger partial charge in [0, 0.05) is 6.61 Å². The van der Waals surface area contributed by atoms with Crippen LogP contribution in [0.15, 0.2) is 0 Å². The molecule has 0 aromatic carbocycles. The first kappa shape index (κ1) is 14.8. The van der Waals surface area contributed by atoms with Gasteiger partial charge < -0.3 is 15.0 Å². The summed E-state index contributed by atoms with van der Waals surface area (Å²) in [5.41, 5.74) is -0.378. The van der Waals surface area contributed by atoms with E-state index < -0.39 is 0 Å². The van der Waals surface area contributed by atoms with Crippen molar-refractivity contribution < 1.29 is 14.3 Å². The SMILES string of the molecule is CC(C)C1C(=O)NC(C2CC2)C(=O)N1C1(C)CCOC1C. The maximum absolute atomic E-state index is 13.1. The molecule has 1 saturated carbocycles. The minimum Gasteiger partial charge on any atom is -0.376 e. The van der Waals surface area contributed by atoms with E-state index in [1.54, 1.807) is 0 Å². The van der Waals surface area contributed by atoms with Crippen LogP contribution < -0.4 is 5.32 Å². The van der Waals surface area contributed by atoms with E-state index in [9.17, 15) is 9.59 Å². The Kier molecular flexibility index (Phi) is 3.51. The molecule has 2 saturated heterocycles. The van der Waals surface area contributed by atoms with E-state index in [1.807, 2.05) is 25.7 Å². The normalized spacial score (nSPS) is 40.8. The second-order valence-corrected chi connectivity index (χ2v) is 7.34. The molecule has 1 N–H and O–H groups in total. The molecule has 5 heteroatoms. The van der Waals surface area contributed by atoms with Crippen molar-refractivity contribution in [3.8, 4) is 0 Å². The maximum Gasteiger partial charge on any atom is 0.246 e. The monoisotopic (exact) mass is 294 g/mol. The highest BCUT2D eigenvalue weighted by Crippen LogP contribution is 2.41. The van der Waals surface area contributed by atoms with Crippen LogP contribution in [-0.4, -0.2) is 47.0 Å². The Morgan fingerprint density at radius 1 is 1.33 bits per heavy atom. The molecule has 5 nitrogen and oxygen atoms in total. The number of carbonyl (C=O) groups excluding carboxylic acids is 2. The molecule has 0 spiro atoms. The lowest BCUT2D eigenvalue weighted by atomic mass is 9.84. The second kappa shape index (κ2) is 4.97. The quantitative estimate of drug-likeness (QED) is 0.854. The van der Waals surface area contributed by atoms with Gasteiger partial charge in [0.1, 0.15) is 12.1 Å². The second-order valence-electron chi connectivity index (χ2n) is 7.34. The summed E-state index contributed by atoms with van der Waals surface area (Å²) in [6, 6.07) is -0.709. The van der Waals surface area contributed by atoms with Gasteiger partial charge in [0.15, 0.2) is 0 Å². The van der Waals surface area contributed by atoms with Crippen LogP contribution in [0.3, 0.4) is 0 Å². The summed E-state index contributed by atoms with van der Waals surface area (Å²) in [6.45, 7) is 8.75. The lowest BCUT2D eigenvalue weighted by Gasteiger charge is -2.50. The lowest BCUT2D eigenvalue weighted by molar-refractivity contribution is -0.162. The largest absolute Gasteiger partial charge is 0.376 e. The smallest absolute Gasteiger partial charge is 0.246 e. The van der Waals surface area contributed by atoms with Crippen LogP contribution in [-0.2, 0) is 14.3 Å². The minimum absolute atomic E-state index is 0.00169. The minimum atomic E-state index is -0.387. The highest BCUT2D eigenvalue weighted by atomic mass is 16.5. The molecule has 0 aromatic heterocycles. The summed E-state index contributed by atoms with van der Waals surface area (Å²) in [5.74, 6) is 0.523. The summed E-state index contributed by atoms with van der Waals surface area (Å²) < 4.78 is 5.72. The number of carbonyl (C=O) groups is 2. The van der Waals surface area contributed by atoms with E-state index in [0.717, 1.165) is 19.3 Å². The van der Waals surface area contributed by atoms with Crippen LogP contribution in [0.2, 0.25) is 0 Å². The van der Waals surface area contributed by atoms with Gasteiger partial charge in [-0.25, -0.2) is 0 Å². The predicted molar refractivity (Wildman–Crippen MR) is 78.6 cm³/mol. The fourth-order valence-corrected chi connectivity index (χ4v) is 3.77. The van der Waals surface area contributed by atoms with Crippen molar-refractivity contribution in [1.82, 2.24) is 10.2 Å². The molecule has 3 rings (SSSR count). The summed E-state index contributed by atoms with van der Waals surface area (Å²) >= 11 is 0. The van der Waals surface area contributed by atoms with Crippen LogP contribution in [0.4, 0.5) is 0 Å². The number of hydrogen-bond acceptors (Lipinski definition) is 3. The van der Waals surface area contributed by atoms with Crippen LogP contribution in [0.5, 0.6) is 0 Å². The van der Waals surface area contributed by atoms with Crippen molar-refractivity contribution >= 4 is 11.8 Å². The molecule has 4 atom stereocenters. The van der Waals surface area contributed by atoms with E-state index in [1.165, 1.54) is 0 Å². The van der Waals surface area contributed by atoms with Crippen molar-refractivity contribution in [2.45, 2.75) is 70.7 Å². The average Bonchev–Trinajstić information content (AvgIpc) is 3.19. The van der Waals surface area contributed by atoms with Crippen molar-refractivity contribution in [2.75, 3.05) is 6.61 Å². The molecular weight excluding hydrogens is 268 g/mol. The molecule has 2 aliphatic heterocycles. The third-order valence-electron chi connectivity index (χ3n) is 5.48. The molecule has 2 heterocycles. The first-order chi connectivity index (χ1) is 9.86. The zero-order chi connectivity index (χ0) is 15.4. The zero-order valence-electron chi connectivity index (χ0n) is 13.4. The molecule has 0 bridgehead atoms. The van der Waals surface area contributed by atoms with E-state index in [0.29, 0.717) is 12.5 Å². The lowest BCUT2D eigenvalue weighted by Crippen LogP contribution is -2.72. The Morgan fingerprint density at radius 3 is 2.48 bits per heavy atom.